The normalized spacial score (nSPS) is 12.8. The van der Waals surface area contributed by atoms with Gasteiger partial charge in [-0.2, -0.15) is 8.42 Å². The molecule has 4 N–H and O–H groups in total. The molecular weight excluding hydrogens is 516 g/mol. The second-order valence-corrected chi connectivity index (χ2v) is 10.4. The van der Waals surface area contributed by atoms with Crippen molar-refractivity contribution >= 4 is 39.3 Å². The van der Waals surface area contributed by atoms with E-state index in [1.165, 1.54) is 18.4 Å². The van der Waals surface area contributed by atoms with Crippen LogP contribution in [0.15, 0.2) is 60.0 Å². The van der Waals surface area contributed by atoms with Crippen molar-refractivity contribution in [2.24, 2.45) is 0 Å². The van der Waals surface area contributed by atoms with Crippen LogP contribution in [-0.4, -0.2) is 49.7 Å². The number of rotatable bonds is 12. The van der Waals surface area contributed by atoms with Gasteiger partial charge >= 0.3 is 16.4 Å². The van der Waals surface area contributed by atoms with Gasteiger partial charge in [-0.15, -0.1) is 11.3 Å². The van der Waals surface area contributed by atoms with Crippen molar-refractivity contribution in [2.75, 3.05) is 18.4 Å². The first-order chi connectivity index (χ1) is 17.7. The van der Waals surface area contributed by atoms with Crippen molar-refractivity contribution in [1.29, 1.82) is 0 Å². The maximum atomic E-state index is 13.1. The van der Waals surface area contributed by atoms with Crippen LogP contribution >= 0.6 is 11.3 Å². The first-order valence-electron chi connectivity index (χ1n) is 11.6. The van der Waals surface area contributed by atoms with Gasteiger partial charge < -0.3 is 15.4 Å². The number of amides is 2. The minimum Gasteiger partial charge on any atom is -0.453 e. The second-order valence-electron chi connectivity index (χ2n) is 8.33. The van der Waals surface area contributed by atoms with Gasteiger partial charge in [-0.1, -0.05) is 49.4 Å². The molecule has 3 aromatic rings. The number of aromatic nitrogens is 1. The largest absolute Gasteiger partial charge is 0.453 e. The number of anilines is 1. The molecule has 0 spiro atoms. The van der Waals surface area contributed by atoms with Crippen LogP contribution in [0.2, 0.25) is 0 Å². The monoisotopic (exact) mass is 546 g/mol. The molecule has 0 saturated carbocycles. The molecule has 2 aromatic carbocycles. The summed E-state index contributed by atoms with van der Waals surface area (Å²) in [5.74, 6) is -0.510. The lowest BCUT2D eigenvalue weighted by molar-refractivity contribution is -0.123. The van der Waals surface area contributed by atoms with Crippen LogP contribution in [0.25, 0.3) is 0 Å². The molecule has 0 unspecified atom stereocenters. The maximum absolute atomic E-state index is 13.1. The molecule has 0 aliphatic carbocycles. The molecule has 37 heavy (non-hydrogen) atoms. The Labute approximate surface area is 220 Å². The summed E-state index contributed by atoms with van der Waals surface area (Å²) in [6.45, 7) is 2.29. The number of carbonyl (C=O) groups is 2. The molecule has 0 fully saturated rings. The molecule has 0 aliphatic rings. The molecule has 12 heteroatoms. The molecule has 1 heterocycles. The van der Waals surface area contributed by atoms with Crippen molar-refractivity contribution in [3.8, 4) is 0 Å². The van der Waals surface area contributed by atoms with Gasteiger partial charge in [0.05, 0.1) is 23.5 Å². The van der Waals surface area contributed by atoms with E-state index in [1.54, 1.807) is 24.3 Å². The number of hydrogen-bond acceptors (Lipinski definition) is 7. The van der Waals surface area contributed by atoms with Gasteiger partial charge in [0.2, 0.25) is 5.91 Å². The number of alkyl carbamates (subject to hydrolysis) is 1. The minimum atomic E-state index is -4.36. The molecule has 0 bridgehead atoms. The number of nitrogens with one attached hydrogen (secondary N) is 3. The van der Waals surface area contributed by atoms with Crippen LogP contribution in [0.1, 0.15) is 34.7 Å². The van der Waals surface area contributed by atoms with Crippen molar-refractivity contribution in [2.45, 2.75) is 38.1 Å². The molecule has 0 radical (unpaired) electrons. The van der Waals surface area contributed by atoms with Crippen molar-refractivity contribution in [3.05, 3.63) is 81.8 Å². The van der Waals surface area contributed by atoms with Gasteiger partial charge in [-0.25, -0.2) is 9.78 Å². The average Bonchev–Trinajstić information content (AvgIpc) is 3.36. The molecule has 1 aromatic heterocycles. The zero-order valence-corrected chi connectivity index (χ0v) is 22.1. The predicted molar refractivity (Wildman–Crippen MR) is 142 cm³/mol. The van der Waals surface area contributed by atoms with E-state index in [0.717, 1.165) is 28.2 Å². The number of benzene rings is 2. The fourth-order valence-electron chi connectivity index (χ4n) is 3.67. The van der Waals surface area contributed by atoms with Crippen LogP contribution in [0.3, 0.4) is 0 Å². The molecule has 0 saturated heterocycles. The first-order valence-corrected chi connectivity index (χ1v) is 13.9. The highest BCUT2D eigenvalue weighted by Crippen LogP contribution is 2.25. The Bertz CT molecular complexity index is 1280. The lowest BCUT2D eigenvalue weighted by Crippen LogP contribution is -2.48. The minimum absolute atomic E-state index is 0.162. The highest BCUT2D eigenvalue weighted by molar-refractivity contribution is 7.87. The number of ether oxygens (including phenoxy) is 1. The molecule has 2 atom stereocenters. The Kier molecular flexibility index (Phi) is 10.0. The summed E-state index contributed by atoms with van der Waals surface area (Å²) >= 11 is 1.51. The fraction of sp³-hybridized carbons (Fsp3) is 0.320. The molecular formula is C25H30N4O6S2. The first kappa shape index (κ1) is 28.1. The summed E-state index contributed by atoms with van der Waals surface area (Å²) in [6, 6.07) is 15.1. The maximum Gasteiger partial charge on any atom is 0.407 e. The Morgan fingerprint density at radius 1 is 1.05 bits per heavy atom. The van der Waals surface area contributed by atoms with Crippen LogP contribution in [0, 0.1) is 0 Å². The van der Waals surface area contributed by atoms with Gasteiger partial charge in [0, 0.05) is 24.3 Å². The van der Waals surface area contributed by atoms with E-state index < -0.39 is 22.4 Å². The van der Waals surface area contributed by atoms with Crippen LogP contribution in [0.4, 0.5) is 10.5 Å². The molecule has 10 nitrogen and oxygen atoms in total. The third kappa shape index (κ3) is 9.16. The van der Waals surface area contributed by atoms with Crippen molar-refractivity contribution in [3.63, 3.8) is 0 Å². The lowest BCUT2D eigenvalue weighted by Gasteiger charge is -2.21. The second kappa shape index (κ2) is 13.2. The smallest absolute Gasteiger partial charge is 0.407 e. The number of carbonyl (C=O) groups excluding carboxylic acids is 2. The number of methoxy groups -OCH3 is 1. The van der Waals surface area contributed by atoms with Gasteiger partial charge in [-0.3, -0.25) is 14.1 Å². The van der Waals surface area contributed by atoms with Crippen LogP contribution in [-0.2, 0) is 39.1 Å². The summed E-state index contributed by atoms with van der Waals surface area (Å²) in [5, 5.41) is 8.40. The Hall–Kier alpha value is -3.48. The summed E-state index contributed by atoms with van der Waals surface area (Å²) in [4.78, 5) is 29.7. The predicted octanol–water partition coefficient (Wildman–Crippen LogP) is 3.33. The van der Waals surface area contributed by atoms with E-state index in [0.29, 0.717) is 12.8 Å². The summed E-state index contributed by atoms with van der Waals surface area (Å²) < 4.78 is 37.8. The molecule has 3 rings (SSSR count). The van der Waals surface area contributed by atoms with Crippen molar-refractivity contribution in [1.82, 2.24) is 15.6 Å². The van der Waals surface area contributed by atoms with E-state index in [1.807, 2.05) is 47.4 Å². The topological polar surface area (TPSA) is 147 Å². The summed E-state index contributed by atoms with van der Waals surface area (Å²) in [5.41, 5.74) is 2.97. The lowest BCUT2D eigenvalue weighted by atomic mass is 9.99. The third-order valence-electron chi connectivity index (χ3n) is 5.56. The molecule has 2 amide bonds. The van der Waals surface area contributed by atoms with Crippen LogP contribution in [0.5, 0.6) is 0 Å². The van der Waals surface area contributed by atoms with E-state index in [4.69, 9.17) is 14.3 Å². The zero-order valence-electron chi connectivity index (χ0n) is 20.5. The van der Waals surface area contributed by atoms with E-state index in [9.17, 15) is 18.0 Å². The van der Waals surface area contributed by atoms with Gasteiger partial charge in [0.25, 0.3) is 0 Å². The van der Waals surface area contributed by atoms with E-state index >= 15 is 0 Å². The fourth-order valence-corrected chi connectivity index (χ4v) is 5.11. The number of hydrogen-bond donors (Lipinski definition) is 4. The van der Waals surface area contributed by atoms with E-state index in [-0.39, 0.29) is 24.1 Å². The molecule has 198 valence electrons. The number of aryl methyl sites for hydroxylation is 1. The SMILES string of the molecule is CCc1csc([C@@H](CNC(=O)[C@H](Cc2ccccc2)NC(=O)OC)Cc2ccc(NS(=O)(=O)O)cc2)n1. The van der Waals surface area contributed by atoms with Crippen molar-refractivity contribution < 1.29 is 27.3 Å². The van der Waals surface area contributed by atoms with Gasteiger partial charge in [-0.05, 0) is 36.1 Å². The standard InChI is InChI=1S/C25H30N4O6S2/c1-3-20-16-36-24(27-20)19(13-18-9-11-21(12-10-18)29-37(32,33)34)15-26-23(30)22(28-25(31)35-2)14-17-7-5-4-6-8-17/h4-12,16,19,22,29H,3,13-15H2,1-2H3,(H,26,30)(H,28,31)(H,32,33,34)/t19-,22+/m1/s1. The highest BCUT2D eigenvalue weighted by atomic mass is 32.2. The quantitative estimate of drug-likeness (QED) is 0.255. The number of nitrogens with zero attached hydrogens (tertiary/aromatic N) is 1. The third-order valence-corrected chi connectivity index (χ3v) is 7.11. The number of thiazole rings is 1. The van der Waals surface area contributed by atoms with Crippen LogP contribution < -0.4 is 15.4 Å². The Morgan fingerprint density at radius 3 is 2.32 bits per heavy atom. The Morgan fingerprint density at radius 2 is 1.73 bits per heavy atom. The zero-order chi connectivity index (χ0) is 26.8. The molecule has 0 aliphatic heterocycles. The highest BCUT2D eigenvalue weighted by Gasteiger charge is 2.24. The Balaban J connectivity index is 1.74. The van der Waals surface area contributed by atoms with Gasteiger partial charge in [0.1, 0.15) is 6.04 Å². The summed E-state index contributed by atoms with van der Waals surface area (Å²) in [7, 11) is -3.12. The van der Waals surface area contributed by atoms with E-state index in [2.05, 4.69) is 10.6 Å². The average molecular weight is 547 g/mol. The van der Waals surface area contributed by atoms with Gasteiger partial charge in [0.15, 0.2) is 0 Å². The summed E-state index contributed by atoms with van der Waals surface area (Å²) in [6.07, 6.45) is 0.912.